The first-order chi connectivity index (χ1) is 12.4. The SMILES string of the molecule is C[C@]12CCC3C(CC[C@@]45O[C@@H]4C(O)=C(C#N)C[C@]35C)C1CC[C@H]2N=[N+]=[N-]. The van der Waals surface area contributed by atoms with Crippen LogP contribution in [0.1, 0.15) is 58.8 Å². The molecule has 6 nitrogen and oxygen atoms in total. The molecule has 0 aromatic carbocycles. The summed E-state index contributed by atoms with van der Waals surface area (Å²) in [7, 11) is 0. The molecule has 1 aliphatic heterocycles. The number of nitrogens with zero attached hydrogens (tertiary/aromatic N) is 4. The number of epoxide rings is 1. The molecule has 3 unspecified atom stereocenters. The number of aliphatic hydroxyl groups excluding tert-OH is 1. The Morgan fingerprint density at radius 2 is 2.04 bits per heavy atom. The first-order valence-corrected chi connectivity index (χ1v) is 9.95. The zero-order chi connectivity index (χ0) is 18.3. The van der Waals surface area contributed by atoms with Crippen LogP contribution in [-0.4, -0.2) is 22.9 Å². The minimum atomic E-state index is -0.260. The van der Waals surface area contributed by atoms with E-state index in [1.54, 1.807) is 0 Å². The van der Waals surface area contributed by atoms with Gasteiger partial charge in [0.2, 0.25) is 0 Å². The quantitative estimate of drug-likeness (QED) is 0.317. The van der Waals surface area contributed by atoms with Crippen LogP contribution in [0.2, 0.25) is 0 Å². The molecule has 4 aliphatic carbocycles. The smallest absolute Gasteiger partial charge is 0.146 e. The van der Waals surface area contributed by atoms with E-state index in [-0.39, 0.29) is 34.3 Å². The van der Waals surface area contributed by atoms with Crippen LogP contribution >= 0.6 is 0 Å². The fraction of sp³-hybridized carbons (Fsp3) is 0.850. The van der Waals surface area contributed by atoms with Gasteiger partial charge in [-0.3, -0.25) is 0 Å². The standard InChI is InChI=1S/C20H26N4O2/c1-18-7-6-14-12(13(18)3-4-15(18)23-24-22)5-8-20-17(26-20)16(25)11(10-21)9-19(14,20)2/h12-15,17,25H,3-9H2,1-2H3/t12?,13?,14?,15-,17-,18+,19-,20-/m1/s1. The van der Waals surface area contributed by atoms with Gasteiger partial charge in [-0.05, 0) is 73.6 Å². The van der Waals surface area contributed by atoms with E-state index in [0.29, 0.717) is 29.7 Å². The molecule has 0 aromatic heterocycles. The number of fused-ring (bicyclic) bond motifs is 4. The maximum absolute atomic E-state index is 10.4. The van der Waals surface area contributed by atoms with E-state index >= 15 is 0 Å². The van der Waals surface area contributed by atoms with Gasteiger partial charge in [-0.2, -0.15) is 5.26 Å². The number of allylic oxidation sites excluding steroid dienone is 1. The van der Waals surface area contributed by atoms with Crippen LogP contribution in [-0.2, 0) is 4.74 Å². The monoisotopic (exact) mass is 354 g/mol. The Morgan fingerprint density at radius 3 is 2.77 bits per heavy atom. The van der Waals surface area contributed by atoms with Crippen molar-refractivity contribution in [3.05, 3.63) is 21.8 Å². The molecule has 1 N–H and O–H groups in total. The molecule has 3 saturated carbocycles. The summed E-state index contributed by atoms with van der Waals surface area (Å²) < 4.78 is 6.14. The molecule has 0 amide bonds. The first kappa shape index (κ1) is 16.5. The lowest BCUT2D eigenvalue weighted by atomic mass is 9.45. The molecule has 1 spiro atoms. The van der Waals surface area contributed by atoms with Gasteiger partial charge in [0.1, 0.15) is 17.5 Å². The molecule has 0 bridgehead atoms. The summed E-state index contributed by atoms with van der Waals surface area (Å²) in [4.78, 5) is 3.12. The van der Waals surface area contributed by atoms with Gasteiger partial charge in [-0.25, -0.2) is 0 Å². The summed E-state index contributed by atoms with van der Waals surface area (Å²) >= 11 is 0. The molecule has 8 atom stereocenters. The third-order valence-corrected chi connectivity index (χ3v) is 9.14. The fourth-order valence-corrected chi connectivity index (χ4v) is 7.76. The minimum Gasteiger partial charge on any atom is -0.508 e. The Hall–Kier alpha value is -1.70. The van der Waals surface area contributed by atoms with Crippen LogP contribution in [0.4, 0.5) is 0 Å². The molecular weight excluding hydrogens is 328 g/mol. The molecule has 138 valence electrons. The van der Waals surface area contributed by atoms with Crippen molar-refractivity contribution in [3.63, 3.8) is 0 Å². The van der Waals surface area contributed by atoms with Gasteiger partial charge in [0.15, 0.2) is 0 Å². The van der Waals surface area contributed by atoms with Crippen LogP contribution in [0.15, 0.2) is 16.4 Å². The number of nitriles is 1. The second-order valence-electron chi connectivity index (χ2n) is 9.72. The van der Waals surface area contributed by atoms with E-state index in [9.17, 15) is 10.4 Å². The highest BCUT2D eigenvalue weighted by Crippen LogP contribution is 2.73. The van der Waals surface area contributed by atoms with Crippen molar-refractivity contribution in [2.45, 2.75) is 76.5 Å². The Bertz CT molecular complexity index is 796. The first-order valence-electron chi connectivity index (χ1n) is 9.95. The lowest BCUT2D eigenvalue weighted by Crippen LogP contribution is -2.57. The van der Waals surface area contributed by atoms with Crippen LogP contribution in [0.3, 0.4) is 0 Å². The number of aliphatic hydroxyl groups is 1. The van der Waals surface area contributed by atoms with Crippen molar-refractivity contribution < 1.29 is 9.84 Å². The predicted molar refractivity (Wildman–Crippen MR) is 94.8 cm³/mol. The van der Waals surface area contributed by atoms with E-state index in [1.165, 1.54) is 0 Å². The number of hydrogen-bond acceptors (Lipinski definition) is 4. The number of azide groups is 1. The summed E-state index contributed by atoms with van der Waals surface area (Å²) in [5.41, 5.74) is 9.27. The number of rotatable bonds is 1. The minimum absolute atomic E-state index is 0.0736. The second kappa shape index (κ2) is 4.97. The third kappa shape index (κ3) is 1.69. The van der Waals surface area contributed by atoms with E-state index in [0.717, 1.165) is 38.5 Å². The zero-order valence-electron chi connectivity index (χ0n) is 15.5. The average Bonchev–Trinajstić information content (AvgIpc) is 3.28. The molecule has 26 heavy (non-hydrogen) atoms. The Balaban J connectivity index is 1.52. The normalized spacial score (nSPS) is 54.1. The van der Waals surface area contributed by atoms with Crippen molar-refractivity contribution >= 4 is 0 Å². The van der Waals surface area contributed by atoms with Gasteiger partial charge in [0.05, 0.1) is 11.6 Å². The molecule has 4 fully saturated rings. The van der Waals surface area contributed by atoms with Gasteiger partial charge < -0.3 is 9.84 Å². The zero-order valence-corrected chi connectivity index (χ0v) is 15.5. The van der Waals surface area contributed by atoms with Crippen LogP contribution < -0.4 is 0 Å². The molecule has 1 heterocycles. The summed E-state index contributed by atoms with van der Waals surface area (Å²) in [6.07, 6.45) is 6.78. The molecule has 5 aliphatic rings. The van der Waals surface area contributed by atoms with Crippen LogP contribution in [0.25, 0.3) is 10.4 Å². The van der Waals surface area contributed by atoms with Crippen molar-refractivity contribution in [2.75, 3.05) is 0 Å². The molecule has 1 saturated heterocycles. The van der Waals surface area contributed by atoms with Gasteiger partial charge in [0.25, 0.3) is 0 Å². The Labute approximate surface area is 153 Å². The predicted octanol–water partition coefficient (Wildman–Crippen LogP) is 4.78. The Kier molecular flexibility index (Phi) is 3.15. The van der Waals surface area contributed by atoms with Crippen molar-refractivity contribution in [3.8, 4) is 6.07 Å². The summed E-state index contributed by atoms with van der Waals surface area (Å²) in [5, 5.41) is 24.1. The topological polar surface area (TPSA) is 105 Å². The summed E-state index contributed by atoms with van der Waals surface area (Å²) in [6, 6.07) is 2.36. The molecule has 0 aromatic rings. The van der Waals surface area contributed by atoms with Gasteiger partial charge in [-0.15, -0.1) is 0 Å². The molecule has 5 rings (SSSR count). The van der Waals surface area contributed by atoms with E-state index < -0.39 is 0 Å². The highest BCUT2D eigenvalue weighted by Gasteiger charge is 2.76. The summed E-state index contributed by atoms with van der Waals surface area (Å²) in [6.45, 7) is 4.63. The van der Waals surface area contributed by atoms with Gasteiger partial charge in [0, 0.05) is 16.4 Å². The largest absolute Gasteiger partial charge is 0.508 e. The molecular formula is C20H26N4O2. The van der Waals surface area contributed by atoms with Crippen molar-refractivity contribution in [1.29, 1.82) is 5.26 Å². The third-order valence-electron chi connectivity index (χ3n) is 9.14. The second-order valence-corrected chi connectivity index (χ2v) is 9.72. The Morgan fingerprint density at radius 1 is 1.23 bits per heavy atom. The molecule has 6 heteroatoms. The lowest BCUT2D eigenvalue weighted by Gasteiger charge is -2.59. The van der Waals surface area contributed by atoms with E-state index in [2.05, 4.69) is 29.9 Å². The van der Waals surface area contributed by atoms with Gasteiger partial charge >= 0.3 is 0 Å². The highest BCUT2D eigenvalue weighted by molar-refractivity contribution is 5.41. The van der Waals surface area contributed by atoms with Crippen LogP contribution in [0, 0.1) is 39.9 Å². The van der Waals surface area contributed by atoms with Crippen molar-refractivity contribution in [2.24, 2.45) is 33.7 Å². The maximum atomic E-state index is 10.4. The maximum Gasteiger partial charge on any atom is 0.146 e. The average molecular weight is 354 g/mol. The number of hydrogen-bond donors (Lipinski definition) is 1. The lowest BCUT2D eigenvalue weighted by molar-refractivity contribution is -0.100. The van der Waals surface area contributed by atoms with Crippen LogP contribution in [0.5, 0.6) is 0 Å². The van der Waals surface area contributed by atoms with Crippen molar-refractivity contribution in [1.82, 2.24) is 0 Å². The van der Waals surface area contributed by atoms with Gasteiger partial charge in [-0.1, -0.05) is 19.0 Å². The molecule has 0 radical (unpaired) electrons. The highest BCUT2D eigenvalue weighted by atomic mass is 16.6. The summed E-state index contributed by atoms with van der Waals surface area (Å²) in [5.74, 6) is 1.90. The van der Waals surface area contributed by atoms with E-state index in [4.69, 9.17) is 10.3 Å². The fourth-order valence-electron chi connectivity index (χ4n) is 7.76. The van der Waals surface area contributed by atoms with E-state index in [1.807, 2.05) is 0 Å². The number of ether oxygens (including phenoxy) is 1.